The van der Waals surface area contributed by atoms with Crippen LogP contribution in [0.2, 0.25) is 0 Å². The molecule has 1 heterocycles. The van der Waals surface area contributed by atoms with Gasteiger partial charge >= 0.3 is 0 Å². The first kappa shape index (κ1) is 17.9. The molecule has 3 aromatic rings. The van der Waals surface area contributed by atoms with Gasteiger partial charge in [-0.3, -0.25) is 4.72 Å². The number of aromatic nitrogens is 1. The quantitative estimate of drug-likeness (QED) is 0.712. The molecule has 0 aliphatic carbocycles. The maximum atomic E-state index is 12.8. The molecule has 0 bridgehead atoms. The second-order valence-corrected chi connectivity index (χ2v) is 7.58. The molecule has 0 unspecified atom stereocenters. The maximum Gasteiger partial charge on any atom is 0.263 e. The molecule has 2 aromatic carbocycles. The van der Waals surface area contributed by atoms with E-state index in [1.165, 1.54) is 6.20 Å². The van der Waals surface area contributed by atoms with Crippen LogP contribution in [0.15, 0.2) is 71.8 Å². The Kier molecular flexibility index (Phi) is 5.23. The molecule has 0 spiro atoms. The monoisotopic (exact) mass is 368 g/mol. The van der Waals surface area contributed by atoms with E-state index in [9.17, 15) is 8.42 Å². The summed E-state index contributed by atoms with van der Waals surface area (Å²) in [4.78, 5) is 4.37. The number of nitrogens with one attached hydrogen (secondary N) is 1. The van der Waals surface area contributed by atoms with E-state index in [2.05, 4.69) is 9.71 Å². The summed E-state index contributed by atoms with van der Waals surface area (Å²) >= 11 is 0. The molecule has 0 fully saturated rings. The van der Waals surface area contributed by atoms with Crippen LogP contribution in [0.25, 0.3) is 0 Å². The fourth-order valence-corrected chi connectivity index (χ4v) is 3.86. The van der Waals surface area contributed by atoms with Crippen molar-refractivity contribution in [3.05, 3.63) is 83.6 Å². The van der Waals surface area contributed by atoms with E-state index in [0.717, 1.165) is 11.1 Å². The van der Waals surface area contributed by atoms with Crippen molar-refractivity contribution in [3.8, 4) is 5.75 Å². The molecular formula is C20H20N2O3S. The van der Waals surface area contributed by atoms with Gasteiger partial charge < -0.3 is 4.74 Å². The number of anilines is 1. The summed E-state index contributed by atoms with van der Waals surface area (Å²) < 4.78 is 33.9. The Balaban J connectivity index is 1.85. The average Bonchev–Trinajstić information content (AvgIpc) is 2.64. The molecule has 0 aliphatic heterocycles. The van der Waals surface area contributed by atoms with Gasteiger partial charge in [-0.1, -0.05) is 42.5 Å². The Morgan fingerprint density at radius 2 is 1.73 bits per heavy atom. The molecule has 26 heavy (non-hydrogen) atoms. The van der Waals surface area contributed by atoms with E-state index in [0.29, 0.717) is 17.9 Å². The fourth-order valence-electron chi connectivity index (χ4n) is 2.52. The molecule has 6 heteroatoms. The highest BCUT2D eigenvalue weighted by atomic mass is 32.2. The molecule has 0 aliphatic rings. The largest absolute Gasteiger partial charge is 0.485 e. The number of nitrogens with zero attached hydrogens (tertiary/aromatic N) is 1. The summed E-state index contributed by atoms with van der Waals surface area (Å²) in [6.45, 7) is 3.99. The summed E-state index contributed by atoms with van der Waals surface area (Å²) in [6, 6.07) is 18.2. The second kappa shape index (κ2) is 7.58. The predicted octanol–water partition coefficient (Wildman–Crippen LogP) is 4.08. The van der Waals surface area contributed by atoms with Gasteiger partial charge in [0.05, 0.1) is 4.90 Å². The van der Waals surface area contributed by atoms with Crippen molar-refractivity contribution in [1.29, 1.82) is 0 Å². The number of hydrogen-bond acceptors (Lipinski definition) is 4. The van der Waals surface area contributed by atoms with Gasteiger partial charge in [-0.15, -0.1) is 0 Å². The van der Waals surface area contributed by atoms with Crippen LogP contribution in [-0.2, 0) is 16.6 Å². The summed E-state index contributed by atoms with van der Waals surface area (Å²) in [6.07, 6.45) is 1.52. The van der Waals surface area contributed by atoms with E-state index >= 15 is 0 Å². The van der Waals surface area contributed by atoms with Crippen molar-refractivity contribution in [1.82, 2.24) is 4.98 Å². The molecule has 5 nitrogen and oxygen atoms in total. The van der Waals surface area contributed by atoms with Crippen molar-refractivity contribution < 1.29 is 13.2 Å². The van der Waals surface area contributed by atoms with Gasteiger partial charge in [0.2, 0.25) is 0 Å². The van der Waals surface area contributed by atoms with Crippen LogP contribution < -0.4 is 9.46 Å². The predicted molar refractivity (Wildman–Crippen MR) is 102 cm³/mol. The molecular weight excluding hydrogens is 348 g/mol. The third kappa shape index (κ3) is 4.03. The van der Waals surface area contributed by atoms with Gasteiger partial charge in [0.25, 0.3) is 10.0 Å². The first-order chi connectivity index (χ1) is 12.5. The lowest BCUT2D eigenvalue weighted by atomic mass is 10.1. The highest BCUT2D eigenvalue weighted by Crippen LogP contribution is 2.26. The lowest BCUT2D eigenvalue weighted by Gasteiger charge is -2.14. The van der Waals surface area contributed by atoms with Gasteiger partial charge in [-0.05, 0) is 48.7 Å². The van der Waals surface area contributed by atoms with Crippen LogP contribution in [0.3, 0.4) is 0 Å². The summed E-state index contributed by atoms with van der Waals surface area (Å²) in [5.41, 5.74) is 2.61. The SMILES string of the molecule is Cc1cccc(S(=O)(=O)Nc2ncccc2OCc2ccccc2)c1C. The van der Waals surface area contributed by atoms with Crippen molar-refractivity contribution in [3.63, 3.8) is 0 Å². The highest BCUT2D eigenvalue weighted by Gasteiger charge is 2.20. The minimum absolute atomic E-state index is 0.171. The van der Waals surface area contributed by atoms with E-state index in [1.807, 2.05) is 43.3 Å². The van der Waals surface area contributed by atoms with E-state index in [1.54, 1.807) is 31.2 Å². The van der Waals surface area contributed by atoms with E-state index < -0.39 is 10.0 Å². The molecule has 1 N–H and O–H groups in total. The van der Waals surface area contributed by atoms with Gasteiger partial charge in [-0.2, -0.15) is 0 Å². The third-order valence-electron chi connectivity index (χ3n) is 4.08. The fraction of sp³-hybridized carbons (Fsp3) is 0.150. The van der Waals surface area contributed by atoms with Gasteiger partial charge in [0.1, 0.15) is 6.61 Å². The smallest absolute Gasteiger partial charge is 0.263 e. The summed E-state index contributed by atoms with van der Waals surface area (Å²) in [7, 11) is -3.76. The van der Waals surface area contributed by atoms with Crippen LogP contribution in [0.1, 0.15) is 16.7 Å². The normalized spacial score (nSPS) is 11.2. The molecule has 0 saturated carbocycles. The third-order valence-corrected chi connectivity index (χ3v) is 5.57. The minimum Gasteiger partial charge on any atom is -0.485 e. The van der Waals surface area contributed by atoms with Crippen LogP contribution in [-0.4, -0.2) is 13.4 Å². The number of pyridine rings is 1. The maximum absolute atomic E-state index is 12.8. The zero-order valence-corrected chi connectivity index (χ0v) is 15.5. The van der Waals surface area contributed by atoms with Gasteiger partial charge in [0.15, 0.2) is 11.6 Å². The average molecular weight is 368 g/mol. The Hall–Kier alpha value is -2.86. The molecule has 0 amide bonds. The van der Waals surface area contributed by atoms with Crippen molar-refractivity contribution in [2.24, 2.45) is 0 Å². The molecule has 0 atom stereocenters. The minimum atomic E-state index is -3.76. The second-order valence-electron chi connectivity index (χ2n) is 5.93. The first-order valence-electron chi connectivity index (χ1n) is 8.18. The van der Waals surface area contributed by atoms with Crippen LogP contribution >= 0.6 is 0 Å². The van der Waals surface area contributed by atoms with E-state index in [4.69, 9.17) is 4.74 Å². The Bertz CT molecular complexity index is 1000. The van der Waals surface area contributed by atoms with Gasteiger partial charge in [-0.25, -0.2) is 13.4 Å². The highest BCUT2D eigenvalue weighted by molar-refractivity contribution is 7.92. The number of ether oxygens (including phenoxy) is 1. The Morgan fingerprint density at radius 3 is 2.50 bits per heavy atom. The van der Waals surface area contributed by atoms with Crippen molar-refractivity contribution in [2.45, 2.75) is 25.3 Å². The number of benzene rings is 2. The number of rotatable bonds is 6. The lowest BCUT2D eigenvalue weighted by Crippen LogP contribution is -2.16. The zero-order valence-electron chi connectivity index (χ0n) is 14.6. The zero-order chi connectivity index (χ0) is 18.6. The number of sulfonamides is 1. The molecule has 0 saturated heterocycles. The molecule has 1 aromatic heterocycles. The van der Waals surface area contributed by atoms with E-state index in [-0.39, 0.29) is 10.7 Å². The lowest BCUT2D eigenvalue weighted by molar-refractivity contribution is 0.307. The van der Waals surface area contributed by atoms with Crippen LogP contribution in [0, 0.1) is 13.8 Å². The standard InChI is InChI=1S/C20H20N2O3S/c1-15-8-6-12-19(16(15)2)26(23,24)22-20-18(11-7-13-21-20)25-14-17-9-4-3-5-10-17/h3-13H,14H2,1-2H3,(H,21,22). The number of aryl methyl sites for hydroxylation is 1. The van der Waals surface area contributed by atoms with Crippen molar-refractivity contribution >= 4 is 15.8 Å². The summed E-state index contributed by atoms with van der Waals surface area (Å²) in [5, 5.41) is 0. The molecule has 3 rings (SSSR count). The van der Waals surface area contributed by atoms with Crippen LogP contribution in [0.4, 0.5) is 5.82 Å². The Labute approximate surface area is 153 Å². The Morgan fingerprint density at radius 1 is 0.962 bits per heavy atom. The summed E-state index contributed by atoms with van der Waals surface area (Å²) in [5.74, 6) is 0.551. The topological polar surface area (TPSA) is 68.3 Å². The van der Waals surface area contributed by atoms with Crippen LogP contribution in [0.5, 0.6) is 5.75 Å². The van der Waals surface area contributed by atoms with Gasteiger partial charge in [0, 0.05) is 6.20 Å². The number of hydrogen-bond donors (Lipinski definition) is 1. The molecule has 134 valence electrons. The first-order valence-corrected chi connectivity index (χ1v) is 9.66. The van der Waals surface area contributed by atoms with Crippen molar-refractivity contribution in [2.75, 3.05) is 4.72 Å². The molecule has 0 radical (unpaired) electrons.